The average Bonchev–Trinajstić information content (AvgIpc) is 2.90. The van der Waals surface area contributed by atoms with Crippen molar-refractivity contribution in [1.82, 2.24) is 0 Å². The van der Waals surface area contributed by atoms with Crippen LogP contribution in [0.15, 0.2) is 24.3 Å². The first-order valence-electron chi connectivity index (χ1n) is 7.16. The monoisotopic (exact) mass is 245 g/mol. The molecule has 2 nitrogen and oxygen atoms in total. The fourth-order valence-electron chi connectivity index (χ4n) is 2.65. The van der Waals surface area contributed by atoms with Crippen LogP contribution in [0.5, 0.6) is 0 Å². The van der Waals surface area contributed by atoms with Crippen molar-refractivity contribution in [2.75, 3.05) is 11.9 Å². The maximum absolute atomic E-state index is 11.8. The largest absolute Gasteiger partial charge is 0.385 e. The Labute approximate surface area is 110 Å². The highest BCUT2D eigenvalue weighted by molar-refractivity contribution is 5.96. The maximum atomic E-state index is 11.8. The van der Waals surface area contributed by atoms with Gasteiger partial charge in [-0.15, -0.1) is 0 Å². The molecule has 0 spiro atoms. The number of ketones is 1. The Kier molecular flexibility index (Phi) is 4.80. The highest BCUT2D eigenvalue weighted by atomic mass is 16.1. The third kappa shape index (κ3) is 3.59. The Hall–Kier alpha value is -1.31. The summed E-state index contributed by atoms with van der Waals surface area (Å²) in [6.07, 6.45) is 7.01. The van der Waals surface area contributed by atoms with E-state index in [-0.39, 0.29) is 5.78 Å². The number of rotatable bonds is 6. The number of carbonyl (C=O) groups is 1. The van der Waals surface area contributed by atoms with Gasteiger partial charge in [0.1, 0.15) is 0 Å². The van der Waals surface area contributed by atoms with E-state index in [1.165, 1.54) is 25.7 Å². The van der Waals surface area contributed by atoms with Crippen molar-refractivity contribution in [1.29, 1.82) is 0 Å². The van der Waals surface area contributed by atoms with Gasteiger partial charge in [-0.2, -0.15) is 0 Å². The molecule has 98 valence electrons. The lowest BCUT2D eigenvalue weighted by atomic mass is 10.1. The summed E-state index contributed by atoms with van der Waals surface area (Å²) in [5, 5.41) is 3.47. The second-order valence-electron chi connectivity index (χ2n) is 5.29. The van der Waals surface area contributed by atoms with Gasteiger partial charge < -0.3 is 5.32 Å². The molecule has 1 N–H and O–H groups in total. The number of nitrogens with one attached hydrogen (secondary N) is 1. The summed E-state index contributed by atoms with van der Waals surface area (Å²) >= 11 is 0. The Balaban J connectivity index is 1.91. The van der Waals surface area contributed by atoms with Crippen LogP contribution >= 0.6 is 0 Å². The van der Waals surface area contributed by atoms with Gasteiger partial charge in [-0.25, -0.2) is 0 Å². The second-order valence-corrected chi connectivity index (χ2v) is 5.29. The summed E-state index contributed by atoms with van der Waals surface area (Å²) < 4.78 is 0. The van der Waals surface area contributed by atoms with Crippen molar-refractivity contribution in [2.24, 2.45) is 5.92 Å². The number of hydrogen-bond acceptors (Lipinski definition) is 2. The number of carbonyl (C=O) groups excluding carboxylic acids is 1. The van der Waals surface area contributed by atoms with Gasteiger partial charge in [0.25, 0.3) is 0 Å². The lowest BCUT2D eigenvalue weighted by Crippen LogP contribution is -2.11. The molecule has 0 amide bonds. The average molecular weight is 245 g/mol. The first-order valence-corrected chi connectivity index (χ1v) is 7.16. The molecule has 18 heavy (non-hydrogen) atoms. The van der Waals surface area contributed by atoms with Gasteiger partial charge in [0, 0.05) is 24.2 Å². The van der Waals surface area contributed by atoms with E-state index in [9.17, 15) is 4.79 Å². The summed E-state index contributed by atoms with van der Waals surface area (Å²) in [6, 6.07) is 7.93. The zero-order valence-corrected chi connectivity index (χ0v) is 11.2. The third-order valence-corrected chi connectivity index (χ3v) is 3.73. The number of anilines is 1. The molecule has 2 rings (SSSR count). The molecule has 0 heterocycles. The van der Waals surface area contributed by atoms with E-state index in [4.69, 9.17) is 0 Å². The van der Waals surface area contributed by atoms with Crippen LogP contribution in [0.4, 0.5) is 5.69 Å². The molecule has 0 unspecified atom stereocenters. The van der Waals surface area contributed by atoms with E-state index >= 15 is 0 Å². The minimum Gasteiger partial charge on any atom is -0.385 e. The van der Waals surface area contributed by atoms with Crippen LogP contribution in [-0.4, -0.2) is 12.3 Å². The van der Waals surface area contributed by atoms with Crippen LogP contribution in [-0.2, 0) is 0 Å². The molecule has 1 aliphatic rings. The molecule has 1 aromatic rings. The Morgan fingerprint density at radius 3 is 2.83 bits per heavy atom. The number of benzene rings is 1. The quantitative estimate of drug-likeness (QED) is 0.758. The molecule has 0 saturated heterocycles. The van der Waals surface area contributed by atoms with Gasteiger partial charge in [0.2, 0.25) is 0 Å². The van der Waals surface area contributed by atoms with Crippen molar-refractivity contribution >= 4 is 11.5 Å². The van der Waals surface area contributed by atoms with Gasteiger partial charge in [0.15, 0.2) is 5.78 Å². The van der Waals surface area contributed by atoms with E-state index in [0.29, 0.717) is 6.42 Å². The van der Waals surface area contributed by atoms with Crippen molar-refractivity contribution in [3.8, 4) is 0 Å². The minimum atomic E-state index is 0.252. The topological polar surface area (TPSA) is 29.1 Å². The molecule has 0 aromatic heterocycles. The van der Waals surface area contributed by atoms with Crippen LogP contribution in [0, 0.1) is 5.92 Å². The molecule has 0 aliphatic heterocycles. The van der Waals surface area contributed by atoms with Gasteiger partial charge >= 0.3 is 0 Å². The number of hydrogen-bond donors (Lipinski definition) is 1. The summed E-state index contributed by atoms with van der Waals surface area (Å²) in [5.41, 5.74) is 1.93. The fraction of sp³-hybridized carbons (Fsp3) is 0.562. The van der Waals surface area contributed by atoms with Crippen molar-refractivity contribution in [3.05, 3.63) is 29.8 Å². The predicted molar refractivity (Wildman–Crippen MR) is 76.1 cm³/mol. The zero-order valence-electron chi connectivity index (χ0n) is 11.2. The highest BCUT2D eigenvalue weighted by Crippen LogP contribution is 2.25. The Morgan fingerprint density at radius 1 is 1.33 bits per heavy atom. The van der Waals surface area contributed by atoms with E-state index < -0.39 is 0 Å². The molecule has 0 radical (unpaired) electrons. The molecule has 2 heteroatoms. The second kappa shape index (κ2) is 6.58. The number of Topliss-reactive ketones (excluding diaryl/α,β-unsaturated/α-hetero) is 1. The van der Waals surface area contributed by atoms with Gasteiger partial charge in [-0.1, -0.05) is 31.9 Å². The van der Waals surface area contributed by atoms with Crippen LogP contribution in [0.1, 0.15) is 55.8 Å². The summed E-state index contributed by atoms with van der Waals surface area (Å²) in [7, 11) is 0. The fourth-order valence-corrected chi connectivity index (χ4v) is 2.65. The van der Waals surface area contributed by atoms with E-state index in [1.54, 1.807) is 0 Å². The molecule has 0 bridgehead atoms. The standard InChI is InChI=1S/C16H23NO/c1-2-6-16(18)14-9-5-10-15(11-14)17-12-13-7-3-4-8-13/h5,9-11,13,17H,2-4,6-8,12H2,1H3. The molecule has 1 aromatic carbocycles. The first kappa shape index (κ1) is 13.1. The molecule has 1 aliphatic carbocycles. The smallest absolute Gasteiger partial charge is 0.162 e. The third-order valence-electron chi connectivity index (χ3n) is 3.73. The summed E-state index contributed by atoms with van der Waals surface area (Å²) in [5.74, 6) is 1.07. The summed E-state index contributed by atoms with van der Waals surface area (Å²) in [6.45, 7) is 3.09. The predicted octanol–water partition coefficient (Wildman–Crippen LogP) is 4.27. The van der Waals surface area contributed by atoms with Crippen molar-refractivity contribution in [2.45, 2.75) is 45.4 Å². The minimum absolute atomic E-state index is 0.252. The maximum Gasteiger partial charge on any atom is 0.162 e. The molecule has 1 fully saturated rings. The van der Waals surface area contributed by atoms with Gasteiger partial charge in [0.05, 0.1) is 0 Å². The van der Waals surface area contributed by atoms with E-state index in [0.717, 1.165) is 30.1 Å². The highest BCUT2D eigenvalue weighted by Gasteiger charge is 2.14. The lowest BCUT2D eigenvalue weighted by molar-refractivity contribution is 0.0982. The molecular formula is C16H23NO. The Morgan fingerprint density at radius 2 is 2.11 bits per heavy atom. The zero-order chi connectivity index (χ0) is 12.8. The SMILES string of the molecule is CCCC(=O)c1cccc(NCC2CCCC2)c1. The first-order chi connectivity index (χ1) is 8.79. The van der Waals surface area contributed by atoms with Crippen LogP contribution in [0.2, 0.25) is 0 Å². The lowest BCUT2D eigenvalue weighted by Gasteiger charge is -2.12. The molecule has 1 saturated carbocycles. The van der Waals surface area contributed by atoms with Gasteiger partial charge in [-0.05, 0) is 37.3 Å². The van der Waals surface area contributed by atoms with Crippen LogP contribution in [0.25, 0.3) is 0 Å². The van der Waals surface area contributed by atoms with E-state index in [1.807, 2.05) is 25.1 Å². The normalized spacial score (nSPS) is 15.8. The van der Waals surface area contributed by atoms with Gasteiger partial charge in [-0.3, -0.25) is 4.79 Å². The molecule has 0 atom stereocenters. The van der Waals surface area contributed by atoms with Crippen molar-refractivity contribution in [3.63, 3.8) is 0 Å². The van der Waals surface area contributed by atoms with Crippen LogP contribution in [0.3, 0.4) is 0 Å². The van der Waals surface area contributed by atoms with Crippen LogP contribution < -0.4 is 5.32 Å². The summed E-state index contributed by atoms with van der Waals surface area (Å²) in [4.78, 5) is 11.8. The van der Waals surface area contributed by atoms with E-state index in [2.05, 4.69) is 11.4 Å². The Bertz CT molecular complexity index is 394. The molecular weight excluding hydrogens is 222 g/mol. The van der Waals surface area contributed by atoms with Crippen molar-refractivity contribution < 1.29 is 4.79 Å².